The lowest BCUT2D eigenvalue weighted by molar-refractivity contribution is 0.0994. The predicted molar refractivity (Wildman–Crippen MR) is 44.8 cm³/mol. The van der Waals surface area contributed by atoms with Gasteiger partial charge in [0.15, 0.2) is 5.69 Å². The lowest BCUT2D eigenvalue weighted by Crippen LogP contribution is -2.17. The molecule has 0 fully saturated rings. The van der Waals surface area contributed by atoms with Crippen LogP contribution in [0.1, 0.15) is 27.3 Å². The van der Waals surface area contributed by atoms with E-state index in [1.165, 1.54) is 0 Å². The number of hydrogen-bond donors (Lipinski definition) is 1. The number of nitrogens with two attached hydrogens (primary N) is 1. The van der Waals surface area contributed by atoms with E-state index in [4.69, 9.17) is 5.73 Å². The van der Waals surface area contributed by atoms with E-state index < -0.39 is 5.91 Å². The summed E-state index contributed by atoms with van der Waals surface area (Å²) in [5.74, 6) is -0.525. The lowest BCUT2D eigenvalue weighted by Gasteiger charge is -2.04. The number of aromatic nitrogens is 2. The fraction of sp³-hybridized carbons (Fsp3) is 0.375. The Balaban J connectivity index is 3.36. The third-order valence-corrected chi connectivity index (χ3v) is 1.99. The maximum Gasteiger partial charge on any atom is 0.269 e. The molecule has 1 aromatic rings. The Kier molecular flexibility index (Phi) is 2.08. The Morgan fingerprint density at radius 1 is 1.17 bits per heavy atom. The number of aryl methyl sites for hydroxylation is 1. The lowest BCUT2D eigenvalue weighted by atomic mass is 10.1. The van der Waals surface area contributed by atoms with E-state index >= 15 is 0 Å². The van der Waals surface area contributed by atoms with Crippen LogP contribution in [0.15, 0.2) is 0 Å². The van der Waals surface area contributed by atoms with E-state index in [2.05, 4.69) is 10.2 Å². The molecule has 12 heavy (non-hydrogen) atoms. The number of carbonyl (C=O) groups is 1. The molecular formula is C8H11N3O. The van der Waals surface area contributed by atoms with Gasteiger partial charge in [0.2, 0.25) is 0 Å². The second-order valence-electron chi connectivity index (χ2n) is 2.75. The zero-order valence-electron chi connectivity index (χ0n) is 7.38. The first kappa shape index (κ1) is 8.64. The van der Waals surface area contributed by atoms with Crippen molar-refractivity contribution in [3.8, 4) is 0 Å². The van der Waals surface area contributed by atoms with Crippen LogP contribution >= 0.6 is 0 Å². The monoisotopic (exact) mass is 165 g/mol. The quantitative estimate of drug-likeness (QED) is 0.658. The van der Waals surface area contributed by atoms with Gasteiger partial charge in [-0.2, -0.15) is 5.10 Å². The number of nitrogens with zero attached hydrogens (tertiary/aromatic N) is 2. The minimum absolute atomic E-state index is 0.262. The number of amides is 1. The standard InChI is InChI=1S/C8H11N3O/c1-4-5(2)7(8(9)12)11-10-6(4)3/h1-3H3,(H2,9,12). The summed E-state index contributed by atoms with van der Waals surface area (Å²) in [5, 5.41) is 7.52. The first-order valence-corrected chi connectivity index (χ1v) is 3.64. The molecule has 0 aliphatic rings. The molecule has 0 aromatic carbocycles. The molecule has 0 radical (unpaired) electrons. The van der Waals surface area contributed by atoms with Crippen LogP contribution in [0.3, 0.4) is 0 Å². The molecule has 1 aromatic heterocycles. The second-order valence-corrected chi connectivity index (χ2v) is 2.75. The molecule has 4 nitrogen and oxygen atoms in total. The van der Waals surface area contributed by atoms with Crippen LogP contribution in [0, 0.1) is 20.8 Å². The predicted octanol–water partition coefficient (Wildman–Crippen LogP) is 0.501. The Morgan fingerprint density at radius 2 is 1.75 bits per heavy atom. The molecule has 1 heterocycles. The molecule has 1 amide bonds. The summed E-state index contributed by atoms with van der Waals surface area (Å²) in [7, 11) is 0. The smallest absolute Gasteiger partial charge is 0.269 e. The van der Waals surface area contributed by atoms with Crippen molar-refractivity contribution >= 4 is 5.91 Å². The van der Waals surface area contributed by atoms with E-state index in [9.17, 15) is 4.79 Å². The third-order valence-electron chi connectivity index (χ3n) is 1.99. The van der Waals surface area contributed by atoms with Crippen molar-refractivity contribution in [1.29, 1.82) is 0 Å². The van der Waals surface area contributed by atoms with Crippen molar-refractivity contribution in [3.05, 3.63) is 22.5 Å². The fourth-order valence-corrected chi connectivity index (χ4v) is 0.958. The zero-order valence-corrected chi connectivity index (χ0v) is 7.38. The molecular weight excluding hydrogens is 154 g/mol. The SMILES string of the molecule is Cc1nnc(C(N)=O)c(C)c1C. The fourth-order valence-electron chi connectivity index (χ4n) is 0.958. The van der Waals surface area contributed by atoms with Crippen molar-refractivity contribution in [2.24, 2.45) is 5.73 Å². The largest absolute Gasteiger partial charge is 0.364 e. The number of carbonyl (C=O) groups excluding carboxylic acids is 1. The topological polar surface area (TPSA) is 68.9 Å². The van der Waals surface area contributed by atoms with Gasteiger partial charge in [0.05, 0.1) is 5.69 Å². The maximum absolute atomic E-state index is 10.8. The molecule has 2 N–H and O–H groups in total. The van der Waals surface area contributed by atoms with Gasteiger partial charge in [-0.05, 0) is 31.9 Å². The van der Waals surface area contributed by atoms with Crippen molar-refractivity contribution < 1.29 is 4.79 Å². The minimum atomic E-state index is -0.525. The molecule has 0 spiro atoms. The van der Waals surface area contributed by atoms with Gasteiger partial charge in [0.1, 0.15) is 0 Å². The number of primary amides is 1. The van der Waals surface area contributed by atoms with E-state index in [1.54, 1.807) is 0 Å². The Hall–Kier alpha value is -1.45. The van der Waals surface area contributed by atoms with Crippen LogP contribution < -0.4 is 5.73 Å². The van der Waals surface area contributed by atoms with Gasteiger partial charge in [-0.15, -0.1) is 5.10 Å². The highest BCUT2D eigenvalue weighted by molar-refractivity contribution is 5.92. The van der Waals surface area contributed by atoms with Crippen LogP contribution in [-0.2, 0) is 0 Å². The van der Waals surface area contributed by atoms with Crippen molar-refractivity contribution in [2.75, 3.05) is 0 Å². The number of hydrogen-bond acceptors (Lipinski definition) is 3. The highest BCUT2D eigenvalue weighted by atomic mass is 16.1. The van der Waals surface area contributed by atoms with E-state index in [1.807, 2.05) is 20.8 Å². The summed E-state index contributed by atoms with van der Waals surface area (Å²) < 4.78 is 0. The molecule has 0 saturated heterocycles. The van der Waals surface area contributed by atoms with Crippen LogP contribution in [-0.4, -0.2) is 16.1 Å². The van der Waals surface area contributed by atoms with Crippen molar-refractivity contribution in [1.82, 2.24) is 10.2 Å². The molecule has 4 heteroatoms. The first-order valence-electron chi connectivity index (χ1n) is 3.64. The summed E-state index contributed by atoms with van der Waals surface area (Å²) in [6.07, 6.45) is 0. The summed E-state index contributed by atoms with van der Waals surface area (Å²) in [4.78, 5) is 10.8. The van der Waals surface area contributed by atoms with Gasteiger partial charge in [-0.3, -0.25) is 4.79 Å². The molecule has 0 aliphatic heterocycles. The maximum atomic E-state index is 10.8. The van der Waals surface area contributed by atoms with E-state index in [0.717, 1.165) is 16.8 Å². The number of rotatable bonds is 1. The molecule has 0 unspecified atom stereocenters. The Bertz CT molecular complexity index is 333. The summed E-state index contributed by atoms with van der Waals surface area (Å²) in [6, 6.07) is 0. The van der Waals surface area contributed by atoms with Crippen molar-refractivity contribution in [3.63, 3.8) is 0 Å². The van der Waals surface area contributed by atoms with E-state index in [0.29, 0.717) is 0 Å². The average molecular weight is 165 g/mol. The van der Waals surface area contributed by atoms with Crippen LogP contribution in [0.25, 0.3) is 0 Å². The third kappa shape index (κ3) is 1.28. The average Bonchev–Trinajstić information content (AvgIpc) is 2.00. The van der Waals surface area contributed by atoms with Gasteiger partial charge in [-0.1, -0.05) is 0 Å². The first-order chi connectivity index (χ1) is 5.54. The Labute approximate surface area is 70.8 Å². The van der Waals surface area contributed by atoms with Gasteiger partial charge in [-0.25, -0.2) is 0 Å². The highest BCUT2D eigenvalue weighted by Gasteiger charge is 2.10. The van der Waals surface area contributed by atoms with Gasteiger partial charge in [0.25, 0.3) is 5.91 Å². The van der Waals surface area contributed by atoms with E-state index in [-0.39, 0.29) is 5.69 Å². The molecule has 0 atom stereocenters. The van der Waals surface area contributed by atoms with Crippen molar-refractivity contribution in [2.45, 2.75) is 20.8 Å². The zero-order chi connectivity index (χ0) is 9.30. The second kappa shape index (κ2) is 2.89. The van der Waals surface area contributed by atoms with Crippen LogP contribution in [0.5, 0.6) is 0 Å². The summed E-state index contributed by atoms with van der Waals surface area (Å²) in [6.45, 7) is 5.56. The summed E-state index contributed by atoms with van der Waals surface area (Å²) >= 11 is 0. The molecule has 0 bridgehead atoms. The van der Waals surface area contributed by atoms with Gasteiger partial charge >= 0.3 is 0 Å². The van der Waals surface area contributed by atoms with Gasteiger partial charge in [0, 0.05) is 0 Å². The molecule has 1 rings (SSSR count). The molecule has 0 aliphatic carbocycles. The summed E-state index contributed by atoms with van der Waals surface area (Å²) in [5.41, 5.74) is 7.97. The highest BCUT2D eigenvalue weighted by Crippen LogP contribution is 2.11. The minimum Gasteiger partial charge on any atom is -0.364 e. The molecule has 0 saturated carbocycles. The normalized spacial score (nSPS) is 9.92. The van der Waals surface area contributed by atoms with Crippen LogP contribution in [0.4, 0.5) is 0 Å². The Morgan fingerprint density at radius 3 is 2.25 bits per heavy atom. The molecule has 64 valence electrons. The van der Waals surface area contributed by atoms with Crippen LogP contribution in [0.2, 0.25) is 0 Å². The van der Waals surface area contributed by atoms with Gasteiger partial charge < -0.3 is 5.73 Å².